The third-order valence-corrected chi connectivity index (χ3v) is 4.06. The highest BCUT2D eigenvalue weighted by molar-refractivity contribution is 5.13. The Labute approximate surface area is 98.6 Å². The molecule has 3 heteroatoms. The van der Waals surface area contributed by atoms with Gasteiger partial charge in [-0.1, -0.05) is 20.8 Å². The summed E-state index contributed by atoms with van der Waals surface area (Å²) in [5, 5.41) is 12.3. The molecular formula is C13H25NO2. The molecule has 2 N–H and O–H groups in total. The molecule has 16 heavy (non-hydrogen) atoms. The Morgan fingerprint density at radius 2 is 2.06 bits per heavy atom. The van der Waals surface area contributed by atoms with Gasteiger partial charge >= 0.3 is 0 Å². The van der Waals surface area contributed by atoms with Crippen LogP contribution in [0.3, 0.4) is 0 Å². The van der Waals surface area contributed by atoms with Crippen molar-refractivity contribution in [1.82, 2.24) is 5.32 Å². The molecule has 2 rings (SSSR count). The third-order valence-electron chi connectivity index (χ3n) is 4.06. The van der Waals surface area contributed by atoms with Crippen molar-refractivity contribution in [1.29, 1.82) is 0 Å². The van der Waals surface area contributed by atoms with Gasteiger partial charge in [0.2, 0.25) is 0 Å². The van der Waals surface area contributed by atoms with Gasteiger partial charge in [-0.2, -0.15) is 0 Å². The van der Waals surface area contributed by atoms with Crippen molar-refractivity contribution in [3.63, 3.8) is 0 Å². The molecule has 2 fully saturated rings. The fourth-order valence-corrected chi connectivity index (χ4v) is 3.38. The minimum absolute atomic E-state index is 0.240. The van der Waals surface area contributed by atoms with E-state index in [4.69, 9.17) is 9.84 Å². The monoisotopic (exact) mass is 227 g/mol. The lowest BCUT2D eigenvalue weighted by atomic mass is 9.52. The Morgan fingerprint density at radius 1 is 1.38 bits per heavy atom. The van der Waals surface area contributed by atoms with Crippen molar-refractivity contribution < 1.29 is 9.84 Å². The number of nitrogens with one attached hydrogen (secondary N) is 1. The van der Waals surface area contributed by atoms with Gasteiger partial charge in [-0.05, 0) is 24.7 Å². The van der Waals surface area contributed by atoms with Crippen LogP contribution in [0.4, 0.5) is 0 Å². The summed E-state index contributed by atoms with van der Waals surface area (Å²) in [5.41, 5.74) is 0.871. The number of rotatable bonds is 4. The van der Waals surface area contributed by atoms with Gasteiger partial charge in [0.25, 0.3) is 0 Å². The van der Waals surface area contributed by atoms with Crippen LogP contribution in [0, 0.1) is 10.8 Å². The van der Waals surface area contributed by atoms with E-state index in [0.29, 0.717) is 29.6 Å². The van der Waals surface area contributed by atoms with Crippen molar-refractivity contribution in [2.45, 2.75) is 52.2 Å². The molecule has 0 radical (unpaired) electrons. The zero-order valence-electron chi connectivity index (χ0n) is 10.8. The number of ether oxygens (including phenoxy) is 1. The molecule has 2 aliphatic rings. The second kappa shape index (κ2) is 4.28. The van der Waals surface area contributed by atoms with Gasteiger partial charge in [0.05, 0.1) is 6.10 Å². The van der Waals surface area contributed by atoms with E-state index in [0.717, 1.165) is 13.0 Å². The van der Waals surface area contributed by atoms with Crippen molar-refractivity contribution in [3.05, 3.63) is 0 Å². The number of hydrogen-bond donors (Lipinski definition) is 2. The van der Waals surface area contributed by atoms with E-state index in [1.165, 1.54) is 12.8 Å². The molecule has 1 saturated heterocycles. The van der Waals surface area contributed by atoms with Crippen molar-refractivity contribution in [2.24, 2.45) is 10.8 Å². The minimum atomic E-state index is 0.240. The van der Waals surface area contributed by atoms with Crippen LogP contribution in [0.25, 0.3) is 0 Å². The Morgan fingerprint density at radius 3 is 2.50 bits per heavy atom. The summed E-state index contributed by atoms with van der Waals surface area (Å²) in [5.74, 6) is 0. The third kappa shape index (κ3) is 2.13. The molecule has 1 aliphatic heterocycles. The molecule has 0 bridgehead atoms. The zero-order chi connectivity index (χ0) is 11.8. The molecule has 1 atom stereocenters. The molecule has 1 aliphatic carbocycles. The molecular weight excluding hydrogens is 202 g/mol. The standard InChI is InChI=1S/C13H25NO2/c1-12(2,3)11-13(9-14-11)7-10(8-13)16-6-4-5-15/h10-11,14-15H,4-9H2,1-3H3. The van der Waals surface area contributed by atoms with Crippen LogP contribution in [0.2, 0.25) is 0 Å². The number of hydrogen-bond acceptors (Lipinski definition) is 3. The largest absolute Gasteiger partial charge is 0.396 e. The summed E-state index contributed by atoms with van der Waals surface area (Å²) in [6, 6.07) is 0.651. The van der Waals surface area contributed by atoms with E-state index < -0.39 is 0 Å². The van der Waals surface area contributed by atoms with E-state index >= 15 is 0 Å². The second-order valence-corrected chi connectivity index (χ2v) is 6.52. The van der Waals surface area contributed by atoms with Crippen molar-refractivity contribution in [3.8, 4) is 0 Å². The van der Waals surface area contributed by atoms with E-state index in [2.05, 4.69) is 26.1 Å². The summed E-state index contributed by atoms with van der Waals surface area (Å²) in [4.78, 5) is 0. The SMILES string of the molecule is CC(C)(C)C1NCC12CC(OCCCO)C2. The van der Waals surface area contributed by atoms with Crippen LogP contribution in [-0.4, -0.2) is 37.0 Å². The predicted molar refractivity (Wildman–Crippen MR) is 64.4 cm³/mol. The fraction of sp³-hybridized carbons (Fsp3) is 1.00. The molecule has 94 valence electrons. The van der Waals surface area contributed by atoms with Crippen molar-refractivity contribution >= 4 is 0 Å². The first-order chi connectivity index (χ1) is 7.48. The minimum Gasteiger partial charge on any atom is -0.396 e. The summed E-state index contributed by atoms with van der Waals surface area (Å²) in [6.45, 7) is 9.05. The average molecular weight is 227 g/mol. The van der Waals surface area contributed by atoms with E-state index in [1.807, 2.05) is 0 Å². The Kier molecular flexibility index (Phi) is 3.30. The van der Waals surface area contributed by atoms with Gasteiger partial charge in [-0.25, -0.2) is 0 Å². The lowest BCUT2D eigenvalue weighted by molar-refractivity contribution is -0.151. The summed E-state index contributed by atoms with van der Waals surface area (Å²) in [6.07, 6.45) is 3.61. The normalized spacial score (nSPS) is 38.2. The first-order valence-corrected chi connectivity index (χ1v) is 6.44. The predicted octanol–water partition coefficient (Wildman–Crippen LogP) is 1.55. The molecule has 0 amide bonds. The van der Waals surface area contributed by atoms with Crippen molar-refractivity contribution in [2.75, 3.05) is 19.8 Å². The van der Waals surface area contributed by atoms with Crippen LogP contribution < -0.4 is 5.32 Å². The van der Waals surface area contributed by atoms with Crippen LogP contribution in [0.1, 0.15) is 40.0 Å². The highest BCUT2D eigenvalue weighted by Gasteiger charge is 2.58. The van der Waals surface area contributed by atoms with Gasteiger partial charge in [0.15, 0.2) is 0 Å². The quantitative estimate of drug-likeness (QED) is 0.716. The van der Waals surface area contributed by atoms with Gasteiger partial charge in [0, 0.05) is 31.2 Å². The molecule has 0 aromatic heterocycles. The summed E-state index contributed by atoms with van der Waals surface area (Å²) >= 11 is 0. The first kappa shape index (κ1) is 12.3. The second-order valence-electron chi connectivity index (χ2n) is 6.52. The summed E-state index contributed by atoms with van der Waals surface area (Å²) in [7, 11) is 0. The molecule has 3 nitrogen and oxygen atoms in total. The van der Waals surface area contributed by atoms with E-state index in [-0.39, 0.29) is 6.61 Å². The zero-order valence-corrected chi connectivity index (χ0v) is 10.8. The maximum atomic E-state index is 8.69. The van der Waals surface area contributed by atoms with Crippen LogP contribution in [0.15, 0.2) is 0 Å². The highest BCUT2D eigenvalue weighted by Crippen LogP contribution is 2.54. The highest BCUT2D eigenvalue weighted by atomic mass is 16.5. The Hall–Kier alpha value is -0.120. The van der Waals surface area contributed by atoms with Gasteiger partial charge in [-0.3, -0.25) is 0 Å². The van der Waals surface area contributed by atoms with Gasteiger partial charge < -0.3 is 15.2 Å². The van der Waals surface area contributed by atoms with E-state index in [9.17, 15) is 0 Å². The fourth-order valence-electron chi connectivity index (χ4n) is 3.38. The molecule has 0 aromatic rings. The first-order valence-electron chi connectivity index (χ1n) is 6.44. The topological polar surface area (TPSA) is 41.5 Å². The Bertz CT molecular complexity index is 241. The molecule has 1 unspecified atom stereocenters. The lowest BCUT2D eigenvalue weighted by Crippen LogP contribution is -2.73. The number of aliphatic hydroxyl groups is 1. The van der Waals surface area contributed by atoms with E-state index in [1.54, 1.807) is 0 Å². The maximum absolute atomic E-state index is 8.69. The smallest absolute Gasteiger partial charge is 0.0587 e. The van der Waals surface area contributed by atoms with Crippen LogP contribution in [0.5, 0.6) is 0 Å². The molecule has 1 saturated carbocycles. The van der Waals surface area contributed by atoms with Crippen LogP contribution in [-0.2, 0) is 4.74 Å². The Balaban J connectivity index is 1.74. The average Bonchev–Trinajstić information content (AvgIpc) is 2.03. The molecule has 0 aromatic carbocycles. The molecule has 1 heterocycles. The number of aliphatic hydroxyl groups excluding tert-OH is 1. The van der Waals surface area contributed by atoms with Gasteiger partial charge in [-0.15, -0.1) is 0 Å². The summed E-state index contributed by atoms with van der Waals surface area (Å²) < 4.78 is 5.72. The van der Waals surface area contributed by atoms with Gasteiger partial charge in [0.1, 0.15) is 0 Å². The molecule has 1 spiro atoms. The lowest BCUT2D eigenvalue weighted by Gasteiger charge is -2.63. The van der Waals surface area contributed by atoms with Crippen LogP contribution >= 0.6 is 0 Å². The maximum Gasteiger partial charge on any atom is 0.0587 e.